The Bertz CT molecular complexity index is 1630. The van der Waals surface area contributed by atoms with Gasteiger partial charge < -0.3 is 14.2 Å². The van der Waals surface area contributed by atoms with Crippen LogP contribution in [0.2, 0.25) is 0 Å². The molecule has 0 aliphatic heterocycles. The molecular weight excluding hydrogens is 562 g/mol. The molecule has 0 aliphatic rings. The molecular formula is C30H30BrN3O5. The molecule has 4 rings (SSSR count). The van der Waals surface area contributed by atoms with E-state index < -0.39 is 12.1 Å². The van der Waals surface area contributed by atoms with Gasteiger partial charge in [-0.25, -0.2) is 9.78 Å². The highest BCUT2D eigenvalue weighted by molar-refractivity contribution is 9.10. The largest absolute Gasteiger partial charge is 0.496 e. The quantitative estimate of drug-likeness (QED) is 0.182. The molecule has 202 valence electrons. The van der Waals surface area contributed by atoms with Crippen molar-refractivity contribution in [3.8, 4) is 22.9 Å². The maximum absolute atomic E-state index is 13.6. The molecule has 0 amide bonds. The van der Waals surface area contributed by atoms with E-state index in [1.165, 1.54) is 11.8 Å². The first-order valence-corrected chi connectivity index (χ1v) is 13.2. The zero-order valence-corrected chi connectivity index (χ0v) is 24.3. The minimum absolute atomic E-state index is 0.198. The van der Waals surface area contributed by atoms with Crippen molar-refractivity contribution in [3.05, 3.63) is 86.1 Å². The summed E-state index contributed by atoms with van der Waals surface area (Å²) in [5.41, 5.74) is 3.73. The lowest BCUT2D eigenvalue weighted by atomic mass is 9.96. The van der Waals surface area contributed by atoms with E-state index in [4.69, 9.17) is 19.2 Å². The number of carbonyl (C=O) groups is 1. The lowest BCUT2D eigenvalue weighted by molar-refractivity contribution is -0.147. The minimum atomic E-state index is -0.765. The number of rotatable bonds is 8. The molecule has 0 aliphatic carbocycles. The van der Waals surface area contributed by atoms with Gasteiger partial charge in [0.25, 0.3) is 5.56 Å². The molecule has 0 unspecified atom stereocenters. The van der Waals surface area contributed by atoms with Crippen molar-refractivity contribution in [2.24, 2.45) is 5.10 Å². The first-order valence-electron chi connectivity index (χ1n) is 12.4. The van der Waals surface area contributed by atoms with Crippen molar-refractivity contribution in [1.29, 1.82) is 0 Å². The third kappa shape index (κ3) is 5.88. The summed E-state index contributed by atoms with van der Waals surface area (Å²) in [5.74, 6) is 1.42. The molecule has 8 nitrogen and oxygen atoms in total. The number of ether oxygens (including phenoxy) is 3. The monoisotopic (exact) mass is 591 g/mol. The number of hydrogen-bond donors (Lipinski definition) is 0. The van der Waals surface area contributed by atoms with Crippen LogP contribution in [-0.4, -0.2) is 42.2 Å². The molecule has 0 saturated carbocycles. The van der Waals surface area contributed by atoms with Gasteiger partial charge in [-0.2, -0.15) is 9.78 Å². The lowest BCUT2D eigenvalue weighted by Crippen LogP contribution is -2.25. The molecule has 0 N–H and O–H groups in total. The number of fused-ring (bicyclic) bond motifs is 1. The van der Waals surface area contributed by atoms with Crippen LogP contribution in [0.5, 0.6) is 11.5 Å². The zero-order chi connectivity index (χ0) is 28.3. The van der Waals surface area contributed by atoms with Gasteiger partial charge in [-0.05, 0) is 94.9 Å². The highest BCUT2D eigenvalue weighted by Crippen LogP contribution is 2.34. The number of aromatic nitrogens is 2. The van der Waals surface area contributed by atoms with Crippen LogP contribution in [0.1, 0.15) is 43.4 Å². The normalized spacial score (nSPS) is 12.2. The van der Waals surface area contributed by atoms with Crippen LogP contribution in [-0.2, 0) is 9.53 Å². The number of benzene rings is 3. The molecule has 3 aromatic carbocycles. The first kappa shape index (κ1) is 28.0. The number of methoxy groups -OCH3 is 2. The average Bonchev–Trinajstić information content (AvgIpc) is 2.92. The van der Waals surface area contributed by atoms with Crippen LogP contribution in [0.4, 0.5) is 0 Å². The van der Waals surface area contributed by atoms with Gasteiger partial charge in [-0.1, -0.05) is 26.0 Å². The van der Waals surface area contributed by atoms with Gasteiger partial charge in [0.1, 0.15) is 11.5 Å². The van der Waals surface area contributed by atoms with Crippen LogP contribution in [0.25, 0.3) is 22.3 Å². The Morgan fingerprint density at radius 1 is 1.05 bits per heavy atom. The first-order chi connectivity index (χ1) is 18.6. The Morgan fingerprint density at radius 2 is 1.79 bits per heavy atom. The molecule has 0 spiro atoms. The van der Waals surface area contributed by atoms with Gasteiger partial charge >= 0.3 is 5.97 Å². The Labute approximate surface area is 235 Å². The van der Waals surface area contributed by atoms with E-state index in [-0.39, 0.29) is 11.5 Å². The van der Waals surface area contributed by atoms with Crippen molar-refractivity contribution in [1.82, 2.24) is 9.66 Å². The van der Waals surface area contributed by atoms with E-state index in [0.29, 0.717) is 32.5 Å². The van der Waals surface area contributed by atoms with Gasteiger partial charge in [0.05, 0.1) is 35.8 Å². The van der Waals surface area contributed by atoms with Gasteiger partial charge in [0, 0.05) is 5.56 Å². The topological polar surface area (TPSA) is 92.0 Å². The number of para-hydroxylation sites is 1. The minimum Gasteiger partial charge on any atom is -0.496 e. The predicted molar refractivity (Wildman–Crippen MR) is 156 cm³/mol. The standard InChI is InChI=1S/C30H30BrN3O5/c1-17(2)22-15-23(18(3)13-27(22)37-5)28-33-25-10-8-7-9-21(25)29(35)34(28)32-16-20-11-12-26(24(31)14-20)39-19(4)30(36)38-6/h7-17,19H,1-6H3/t19-/m1/s1. The van der Waals surface area contributed by atoms with Crippen molar-refractivity contribution in [3.63, 3.8) is 0 Å². The number of carbonyl (C=O) groups excluding carboxylic acids is 1. The highest BCUT2D eigenvalue weighted by Gasteiger charge is 2.19. The fraction of sp³-hybridized carbons (Fsp3) is 0.267. The van der Waals surface area contributed by atoms with Crippen molar-refractivity contribution >= 4 is 39.0 Å². The maximum Gasteiger partial charge on any atom is 0.346 e. The Hall–Kier alpha value is -3.98. The molecule has 0 saturated heterocycles. The molecule has 0 radical (unpaired) electrons. The summed E-state index contributed by atoms with van der Waals surface area (Å²) in [6.07, 6.45) is 0.820. The molecule has 1 aromatic heterocycles. The van der Waals surface area contributed by atoms with Crippen LogP contribution in [0, 0.1) is 6.92 Å². The lowest BCUT2D eigenvalue weighted by Gasteiger charge is -2.17. The second kappa shape index (κ2) is 11.8. The van der Waals surface area contributed by atoms with Crippen LogP contribution >= 0.6 is 15.9 Å². The summed E-state index contributed by atoms with van der Waals surface area (Å²) in [7, 11) is 2.96. The van der Waals surface area contributed by atoms with E-state index >= 15 is 0 Å². The molecule has 4 aromatic rings. The summed E-state index contributed by atoms with van der Waals surface area (Å²) >= 11 is 3.48. The fourth-order valence-corrected chi connectivity index (χ4v) is 4.68. The van der Waals surface area contributed by atoms with E-state index in [1.54, 1.807) is 50.6 Å². The second-order valence-corrected chi connectivity index (χ2v) is 10.2. The van der Waals surface area contributed by atoms with Gasteiger partial charge in [0.15, 0.2) is 11.9 Å². The molecule has 0 fully saturated rings. The fourth-order valence-electron chi connectivity index (χ4n) is 4.19. The van der Waals surface area contributed by atoms with Crippen LogP contribution < -0.4 is 15.0 Å². The Balaban J connectivity index is 1.82. The number of esters is 1. The van der Waals surface area contributed by atoms with E-state index in [2.05, 4.69) is 34.9 Å². The SMILES string of the molecule is COC(=O)[C@@H](C)Oc1ccc(C=Nn2c(-c3cc(C(C)C)c(OC)cc3C)nc3ccccc3c2=O)cc1Br. The summed E-state index contributed by atoms with van der Waals surface area (Å²) < 4.78 is 18.0. The number of hydrogen-bond acceptors (Lipinski definition) is 7. The molecule has 0 bridgehead atoms. The number of nitrogens with zero attached hydrogens (tertiary/aromatic N) is 3. The van der Waals surface area contributed by atoms with Crippen molar-refractivity contribution < 1.29 is 19.0 Å². The smallest absolute Gasteiger partial charge is 0.346 e. The number of halogens is 1. The predicted octanol–water partition coefficient (Wildman–Crippen LogP) is 6.09. The molecule has 9 heteroatoms. The van der Waals surface area contributed by atoms with E-state index in [0.717, 1.165) is 22.4 Å². The number of aryl methyl sites for hydroxylation is 1. The maximum atomic E-state index is 13.6. The summed E-state index contributed by atoms with van der Waals surface area (Å²) in [5, 5.41) is 5.05. The Morgan fingerprint density at radius 3 is 2.46 bits per heavy atom. The highest BCUT2D eigenvalue weighted by atomic mass is 79.9. The van der Waals surface area contributed by atoms with Gasteiger partial charge in [0.2, 0.25) is 0 Å². The van der Waals surface area contributed by atoms with Gasteiger partial charge in [-0.3, -0.25) is 4.79 Å². The van der Waals surface area contributed by atoms with Crippen LogP contribution in [0.3, 0.4) is 0 Å². The summed E-state index contributed by atoms with van der Waals surface area (Å²) in [6.45, 7) is 7.75. The zero-order valence-electron chi connectivity index (χ0n) is 22.7. The summed E-state index contributed by atoms with van der Waals surface area (Å²) in [4.78, 5) is 30.2. The molecule has 1 heterocycles. The second-order valence-electron chi connectivity index (χ2n) is 9.35. The van der Waals surface area contributed by atoms with Crippen molar-refractivity contribution in [2.45, 2.75) is 39.7 Å². The summed E-state index contributed by atoms with van der Waals surface area (Å²) in [6, 6.07) is 16.5. The van der Waals surface area contributed by atoms with E-state index in [1.807, 2.05) is 31.2 Å². The van der Waals surface area contributed by atoms with E-state index in [9.17, 15) is 9.59 Å². The molecule has 1 atom stereocenters. The Kier molecular flexibility index (Phi) is 8.50. The molecule has 39 heavy (non-hydrogen) atoms. The van der Waals surface area contributed by atoms with Gasteiger partial charge in [-0.15, -0.1) is 0 Å². The van der Waals surface area contributed by atoms with Crippen LogP contribution in [0.15, 0.2) is 69.0 Å². The third-order valence-corrected chi connectivity index (χ3v) is 6.93. The average molecular weight is 592 g/mol. The van der Waals surface area contributed by atoms with Crippen molar-refractivity contribution in [2.75, 3.05) is 14.2 Å². The third-order valence-electron chi connectivity index (χ3n) is 6.31.